The van der Waals surface area contributed by atoms with Crippen molar-refractivity contribution in [1.29, 1.82) is 0 Å². The van der Waals surface area contributed by atoms with Gasteiger partial charge in [0.15, 0.2) is 0 Å². The summed E-state index contributed by atoms with van der Waals surface area (Å²) in [6.07, 6.45) is 1.61. The highest BCUT2D eigenvalue weighted by Gasteiger charge is 2.29. The van der Waals surface area contributed by atoms with Gasteiger partial charge in [-0.25, -0.2) is 4.79 Å². The van der Waals surface area contributed by atoms with Gasteiger partial charge in [-0.15, -0.1) is 0 Å². The highest BCUT2D eigenvalue weighted by molar-refractivity contribution is 6.42. The molecule has 0 bridgehead atoms. The smallest absolute Gasteiger partial charge is 0.333 e. The van der Waals surface area contributed by atoms with Crippen LogP contribution in [-0.4, -0.2) is 59.3 Å². The van der Waals surface area contributed by atoms with E-state index in [1.54, 1.807) is 21.6 Å². The number of nitrogens with zero attached hydrogens (tertiary/aromatic N) is 4. The number of hydrogen-bond donors (Lipinski definition) is 0. The largest absolute Gasteiger partial charge is 0.375 e. The van der Waals surface area contributed by atoms with Crippen LogP contribution >= 0.6 is 23.2 Å². The predicted molar refractivity (Wildman–Crippen MR) is 142 cm³/mol. The average Bonchev–Trinajstić information content (AvgIpc) is 3.12. The molecule has 2 heterocycles. The number of amides is 1. The van der Waals surface area contributed by atoms with Crippen molar-refractivity contribution in [1.82, 2.24) is 14.0 Å². The van der Waals surface area contributed by atoms with Gasteiger partial charge in [0.1, 0.15) is 6.61 Å². The molecule has 9 heteroatoms. The highest BCUT2D eigenvalue weighted by Crippen LogP contribution is 2.30. The normalized spacial score (nSPS) is 15.0. The first kappa shape index (κ1) is 25.5. The molecule has 1 amide bonds. The maximum atomic E-state index is 13.1. The van der Waals surface area contributed by atoms with Gasteiger partial charge in [-0.05, 0) is 50.1 Å². The fourth-order valence-electron chi connectivity index (χ4n) is 4.82. The molecule has 0 unspecified atom stereocenters. The Hall–Kier alpha value is -2.58. The Kier molecular flexibility index (Phi) is 8.02. The third kappa shape index (κ3) is 5.33. The van der Waals surface area contributed by atoms with Gasteiger partial charge in [-0.2, -0.15) is 0 Å². The Morgan fingerprint density at radius 2 is 1.77 bits per heavy atom. The lowest BCUT2D eigenvalue weighted by Crippen LogP contribution is -2.49. The molecule has 0 spiro atoms. The van der Waals surface area contributed by atoms with Crippen LogP contribution < -0.4 is 10.6 Å². The second-order valence-corrected chi connectivity index (χ2v) is 9.68. The molecule has 35 heavy (non-hydrogen) atoms. The van der Waals surface area contributed by atoms with Crippen molar-refractivity contribution in [3.05, 3.63) is 69.6 Å². The van der Waals surface area contributed by atoms with E-state index in [1.165, 1.54) is 7.11 Å². The number of imidazole rings is 1. The van der Waals surface area contributed by atoms with Crippen molar-refractivity contribution < 1.29 is 9.53 Å². The number of benzene rings is 2. The van der Waals surface area contributed by atoms with Crippen LogP contribution in [0.2, 0.25) is 10.0 Å². The minimum absolute atomic E-state index is 0.00381. The fraction of sp³-hybridized carbons (Fsp3) is 0.385. The van der Waals surface area contributed by atoms with Crippen LogP contribution in [0, 0.1) is 0 Å². The number of piperidine rings is 1. The number of likely N-dealkylation sites (tertiary alicyclic amines) is 1. The Bertz CT molecular complexity index is 1290. The summed E-state index contributed by atoms with van der Waals surface area (Å²) in [6, 6.07) is 13.1. The Labute approximate surface area is 215 Å². The number of hydrogen-bond acceptors (Lipinski definition) is 4. The van der Waals surface area contributed by atoms with Crippen LogP contribution in [-0.2, 0) is 16.1 Å². The molecule has 0 N–H and O–H groups in total. The maximum Gasteiger partial charge on any atom is 0.333 e. The van der Waals surface area contributed by atoms with Crippen molar-refractivity contribution in [2.45, 2.75) is 32.4 Å². The second kappa shape index (κ2) is 11.0. The number of para-hydroxylation sites is 2. The molecule has 0 aliphatic carbocycles. The first-order chi connectivity index (χ1) is 16.8. The Morgan fingerprint density at radius 3 is 2.40 bits per heavy atom. The van der Waals surface area contributed by atoms with Gasteiger partial charge in [-0.3, -0.25) is 13.9 Å². The van der Waals surface area contributed by atoms with E-state index in [2.05, 4.69) is 11.5 Å². The fourth-order valence-corrected chi connectivity index (χ4v) is 5.11. The summed E-state index contributed by atoms with van der Waals surface area (Å²) in [5, 5.41) is 0.865. The molecular formula is C26H30Cl2N4O3. The Balaban J connectivity index is 1.46. The summed E-state index contributed by atoms with van der Waals surface area (Å²) in [6.45, 7) is 8.77. The molecule has 1 aliphatic rings. The van der Waals surface area contributed by atoms with E-state index in [0.717, 1.165) is 49.2 Å². The first-order valence-electron chi connectivity index (χ1n) is 11.7. The van der Waals surface area contributed by atoms with Crippen molar-refractivity contribution in [3.8, 4) is 0 Å². The predicted octanol–water partition coefficient (Wildman–Crippen LogP) is 4.74. The standard InChI is InChI=1S/C26H30Cl2N4O3/c1-18(2)31-24-7-5-4-6-23(24)30(26(31)34)15-14-29-12-10-19(11-13-29)32(25(33)17-35-3)20-8-9-21(27)22(28)16-20/h4-9,16,19H,1,10-15,17H2,2-3H3. The summed E-state index contributed by atoms with van der Waals surface area (Å²) in [5.74, 6) is -0.108. The number of halogens is 2. The molecule has 0 atom stereocenters. The molecular weight excluding hydrogens is 487 g/mol. The van der Waals surface area contributed by atoms with E-state index in [4.69, 9.17) is 27.9 Å². The van der Waals surface area contributed by atoms with Gasteiger partial charge in [0.25, 0.3) is 5.91 Å². The van der Waals surface area contributed by atoms with E-state index in [9.17, 15) is 9.59 Å². The Morgan fingerprint density at radius 1 is 1.09 bits per heavy atom. The van der Waals surface area contributed by atoms with Gasteiger partial charge in [0, 0.05) is 50.7 Å². The lowest BCUT2D eigenvalue weighted by molar-refractivity contribution is -0.122. The first-order valence-corrected chi connectivity index (χ1v) is 12.4. The molecule has 7 nitrogen and oxygen atoms in total. The summed E-state index contributed by atoms with van der Waals surface area (Å²) in [4.78, 5) is 30.1. The van der Waals surface area contributed by atoms with E-state index in [-0.39, 0.29) is 24.2 Å². The zero-order valence-electron chi connectivity index (χ0n) is 20.0. The van der Waals surface area contributed by atoms with Crippen molar-refractivity contribution in [3.63, 3.8) is 0 Å². The number of rotatable bonds is 8. The lowest BCUT2D eigenvalue weighted by Gasteiger charge is -2.38. The number of carbonyl (C=O) groups excluding carboxylic acids is 1. The third-order valence-electron chi connectivity index (χ3n) is 6.50. The van der Waals surface area contributed by atoms with E-state index in [1.807, 2.05) is 41.8 Å². The monoisotopic (exact) mass is 516 g/mol. The topological polar surface area (TPSA) is 59.7 Å². The van der Waals surface area contributed by atoms with Gasteiger partial charge in [0.05, 0.1) is 21.1 Å². The number of fused-ring (bicyclic) bond motifs is 1. The highest BCUT2D eigenvalue weighted by atomic mass is 35.5. The summed E-state index contributed by atoms with van der Waals surface area (Å²) in [5.41, 5.74) is 3.14. The van der Waals surface area contributed by atoms with Gasteiger partial charge < -0.3 is 14.5 Å². The average molecular weight is 517 g/mol. The summed E-state index contributed by atoms with van der Waals surface area (Å²) >= 11 is 12.3. The molecule has 1 aromatic heterocycles. The van der Waals surface area contributed by atoms with Crippen LogP contribution in [0.15, 0.2) is 53.8 Å². The minimum Gasteiger partial charge on any atom is -0.375 e. The molecule has 1 saturated heterocycles. The van der Waals surface area contributed by atoms with Gasteiger partial charge >= 0.3 is 5.69 Å². The van der Waals surface area contributed by atoms with Gasteiger partial charge in [0.2, 0.25) is 0 Å². The van der Waals surface area contributed by atoms with E-state index >= 15 is 0 Å². The summed E-state index contributed by atoms with van der Waals surface area (Å²) < 4.78 is 8.61. The number of allylic oxidation sites excluding steroid dienone is 1. The van der Waals surface area contributed by atoms with Crippen molar-refractivity contribution >= 4 is 51.5 Å². The number of methoxy groups -OCH3 is 1. The molecule has 0 saturated carbocycles. The molecule has 4 rings (SSSR count). The molecule has 0 radical (unpaired) electrons. The SMILES string of the molecule is C=C(C)n1c(=O)n(CCN2CCC(N(C(=O)COC)c3ccc(Cl)c(Cl)c3)CC2)c2ccccc21. The molecule has 186 valence electrons. The molecule has 3 aromatic rings. The van der Waals surface area contributed by atoms with Crippen LogP contribution in [0.3, 0.4) is 0 Å². The summed E-state index contributed by atoms with van der Waals surface area (Å²) in [7, 11) is 1.51. The number of anilines is 1. The number of ether oxygens (including phenoxy) is 1. The molecule has 1 fully saturated rings. The van der Waals surface area contributed by atoms with E-state index < -0.39 is 0 Å². The van der Waals surface area contributed by atoms with Crippen LogP contribution in [0.25, 0.3) is 16.7 Å². The van der Waals surface area contributed by atoms with Gasteiger partial charge in [-0.1, -0.05) is 41.9 Å². The zero-order valence-corrected chi connectivity index (χ0v) is 21.6. The minimum atomic E-state index is -0.108. The third-order valence-corrected chi connectivity index (χ3v) is 7.24. The number of aromatic nitrogens is 2. The van der Waals surface area contributed by atoms with Crippen LogP contribution in [0.5, 0.6) is 0 Å². The molecule has 2 aromatic carbocycles. The second-order valence-electron chi connectivity index (χ2n) is 8.86. The van der Waals surface area contributed by atoms with Crippen molar-refractivity contribution in [2.24, 2.45) is 0 Å². The van der Waals surface area contributed by atoms with Crippen molar-refractivity contribution in [2.75, 3.05) is 38.3 Å². The molecule has 1 aliphatic heterocycles. The zero-order chi connectivity index (χ0) is 25.1. The maximum absolute atomic E-state index is 13.1. The lowest BCUT2D eigenvalue weighted by atomic mass is 10.0. The number of carbonyl (C=O) groups is 1. The quantitative estimate of drug-likeness (QED) is 0.433. The van der Waals surface area contributed by atoms with Crippen LogP contribution in [0.4, 0.5) is 5.69 Å². The van der Waals surface area contributed by atoms with Crippen LogP contribution in [0.1, 0.15) is 19.8 Å². The van der Waals surface area contributed by atoms with E-state index in [0.29, 0.717) is 22.3 Å².